The minimum Gasteiger partial charge on any atom is -0.419 e. The molecule has 0 radical (unpaired) electrons. The molecule has 0 heterocycles. The highest BCUT2D eigenvalue weighted by atomic mass is 16.6. The first-order chi connectivity index (χ1) is 20.9. The summed E-state index contributed by atoms with van der Waals surface area (Å²) in [5, 5.41) is 4.15. The zero-order valence-corrected chi connectivity index (χ0v) is 26.5. The van der Waals surface area contributed by atoms with E-state index in [1.807, 2.05) is 37.3 Å². The molecule has 0 bridgehead atoms. The minimum atomic E-state index is -0.504. The Labute approximate surface area is 265 Å². The predicted molar refractivity (Wildman–Crippen MR) is 183 cm³/mol. The van der Waals surface area contributed by atoms with Gasteiger partial charge in [-0.15, -0.1) is 0 Å². The van der Waals surface area contributed by atoms with Gasteiger partial charge in [0, 0.05) is 0 Å². The van der Waals surface area contributed by atoms with Crippen LogP contribution in [0.25, 0.3) is 21.5 Å². The second-order valence-corrected chi connectivity index (χ2v) is 11.4. The van der Waals surface area contributed by atoms with Gasteiger partial charge in [0.25, 0.3) is 0 Å². The molecule has 0 amide bonds. The monoisotopic (exact) mass is 608 g/mol. The first kappa shape index (κ1) is 35.0. The average molecular weight is 609 g/mol. The quantitative estimate of drug-likeness (QED) is 0.0801. The Morgan fingerprint density at radius 2 is 0.956 bits per heavy atom. The lowest BCUT2D eigenvalue weighted by Crippen LogP contribution is -2.13. The SMILES string of the molecule is CCCCCc1ccc2cc(C(=O)Oc3ccc(C)cc3OC(=O)c3ccc4cc(CCCCC)ccc4c3)ccc2c1.O.O. The third kappa shape index (κ3) is 9.00. The number of esters is 2. The molecule has 4 N–H and O–H groups in total. The van der Waals surface area contributed by atoms with Crippen LogP contribution in [0.3, 0.4) is 0 Å². The lowest BCUT2D eigenvalue weighted by molar-refractivity contribution is 0.0682. The zero-order chi connectivity index (χ0) is 30.2. The van der Waals surface area contributed by atoms with Crippen molar-refractivity contribution in [2.24, 2.45) is 0 Å². The summed E-state index contributed by atoms with van der Waals surface area (Å²) in [5.41, 5.74) is 4.38. The highest BCUT2D eigenvalue weighted by Crippen LogP contribution is 2.31. The van der Waals surface area contributed by atoms with Gasteiger partial charge in [-0.2, -0.15) is 0 Å². The van der Waals surface area contributed by atoms with Gasteiger partial charge in [0.05, 0.1) is 11.1 Å². The van der Waals surface area contributed by atoms with Gasteiger partial charge in [-0.05, 0) is 107 Å². The number of unbranched alkanes of at least 4 members (excludes halogenated alkanes) is 4. The molecule has 0 unspecified atom stereocenters. The number of hydrogen-bond acceptors (Lipinski definition) is 4. The number of carbonyl (C=O) groups excluding carboxylic acids is 2. The van der Waals surface area contributed by atoms with Crippen molar-refractivity contribution < 1.29 is 30.0 Å². The molecule has 236 valence electrons. The minimum absolute atomic E-state index is 0. The number of fused-ring (bicyclic) bond motifs is 2. The van der Waals surface area contributed by atoms with Gasteiger partial charge in [-0.25, -0.2) is 9.59 Å². The van der Waals surface area contributed by atoms with E-state index in [2.05, 4.69) is 50.2 Å². The average Bonchev–Trinajstić information content (AvgIpc) is 3.02. The molecule has 6 nitrogen and oxygen atoms in total. The van der Waals surface area contributed by atoms with Crippen molar-refractivity contribution in [1.82, 2.24) is 0 Å². The molecule has 0 saturated carbocycles. The smallest absolute Gasteiger partial charge is 0.343 e. The fraction of sp³-hybridized carbons (Fsp3) is 0.282. The van der Waals surface area contributed by atoms with E-state index in [9.17, 15) is 9.59 Å². The van der Waals surface area contributed by atoms with Crippen LogP contribution < -0.4 is 9.47 Å². The molecule has 0 aromatic heterocycles. The van der Waals surface area contributed by atoms with Gasteiger partial charge in [-0.3, -0.25) is 0 Å². The van der Waals surface area contributed by atoms with Gasteiger partial charge < -0.3 is 20.4 Å². The predicted octanol–water partition coefficient (Wildman–Crippen LogP) is 8.56. The number of benzene rings is 5. The highest BCUT2D eigenvalue weighted by molar-refractivity contribution is 5.98. The molecule has 0 atom stereocenters. The summed E-state index contributed by atoms with van der Waals surface area (Å²) >= 11 is 0. The Kier molecular flexibility index (Phi) is 12.8. The molecule has 5 rings (SSSR count). The molecule has 0 saturated heterocycles. The van der Waals surface area contributed by atoms with Crippen molar-refractivity contribution in [2.75, 3.05) is 0 Å². The summed E-state index contributed by atoms with van der Waals surface area (Å²) < 4.78 is 11.6. The Hall–Kier alpha value is -4.52. The standard InChI is InChI=1S/C39H40O4.2H2O/c1-4-6-8-10-28-13-15-32-25-34(19-17-30(32)23-28)38(40)42-36-21-12-27(3)22-37(36)43-39(41)35-20-18-31-24-29(11-9-7-5-2)14-16-33(31)26-35;;/h12-26H,4-11H2,1-3H3;2*1H2. The van der Waals surface area contributed by atoms with Gasteiger partial charge in [0.2, 0.25) is 0 Å². The second-order valence-electron chi connectivity index (χ2n) is 11.4. The maximum absolute atomic E-state index is 13.2. The normalized spacial score (nSPS) is 10.6. The van der Waals surface area contributed by atoms with E-state index >= 15 is 0 Å². The Morgan fingerprint density at radius 3 is 1.44 bits per heavy atom. The first-order valence-electron chi connectivity index (χ1n) is 15.5. The Balaban J connectivity index is 0.00000276. The van der Waals surface area contributed by atoms with Crippen LogP contribution in [0.5, 0.6) is 11.5 Å². The highest BCUT2D eigenvalue weighted by Gasteiger charge is 2.17. The van der Waals surface area contributed by atoms with E-state index in [1.54, 1.807) is 24.3 Å². The summed E-state index contributed by atoms with van der Waals surface area (Å²) in [7, 11) is 0. The maximum atomic E-state index is 13.2. The van der Waals surface area contributed by atoms with Crippen LogP contribution in [-0.4, -0.2) is 22.9 Å². The fourth-order valence-electron chi connectivity index (χ4n) is 5.41. The van der Waals surface area contributed by atoms with Crippen LogP contribution >= 0.6 is 0 Å². The maximum Gasteiger partial charge on any atom is 0.343 e. The van der Waals surface area contributed by atoms with Crippen molar-refractivity contribution >= 4 is 33.5 Å². The fourth-order valence-corrected chi connectivity index (χ4v) is 5.41. The van der Waals surface area contributed by atoms with Crippen LogP contribution in [0, 0.1) is 6.92 Å². The number of aryl methyl sites for hydroxylation is 3. The molecule has 0 spiro atoms. The van der Waals surface area contributed by atoms with E-state index in [1.165, 1.54) is 49.7 Å². The lowest BCUT2D eigenvalue weighted by Gasteiger charge is -2.12. The molecule has 0 aliphatic carbocycles. The topological polar surface area (TPSA) is 116 Å². The van der Waals surface area contributed by atoms with Crippen molar-refractivity contribution in [3.63, 3.8) is 0 Å². The van der Waals surface area contributed by atoms with Crippen LogP contribution in [0.2, 0.25) is 0 Å². The van der Waals surface area contributed by atoms with Crippen LogP contribution in [0.15, 0.2) is 91.0 Å². The van der Waals surface area contributed by atoms with Gasteiger partial charge in [0.1, 0.15) is 0 Å². The molecule has 0 fully saturated rings. The van der Waals surface area contributed by atoms with Crippen molar-refractivity contribution in [2.45, 2.75) is 72.1 Å². The number of ether oxygens (including phenoxy) is 2. The van der Waals surface area contributed by atoms with E-state index in [0.717, 1.165) is 39.9 Å². The van der Waals surface area contributed by atoms with Gasteiger partial charge in [-0.1, -0.05) is 94.1 Å². The largest absolute Gasteiger partial charge is 0.419 e. The van der Waals surface area contributed by atoms with Crippen molar-refractivity contribution in [3.05, 3.63) is 119 Å². The summed E-state index contributed by atoms with van der Waals surface area (Å²) in [6.45, 7) is 6.31. The number of rotatable bonds is 12. The van der Waals surface area contributed by atoms with Crippen LogP contribution in [0.1, 0.15) is 89.8 Å². The molecule has 5 aromatic carbocycles. The summed E-state index contributed by atoms with van der Waals surface area (Å²) in [5.74, 6) is -0.595. The number of carbonyl (C=O) groups is 2. The van der Waals surface area contributed by atoms with Crippen molar-refractivity contribution in [3.8, 4) is 11.5 Å². The van der Waals surface area contributed by atoms with E-state index in [0.29, 0.717) is 11.1 Å². The molecular formula is C39H44O6. The van der Waals surface area contributed by atoms with Crippen LogP contribution in [0.4, 0.5) is 0 Å². The second kappa shape index (κ2) is 16.5. The number of hydrogen-bond donors (Lipinski definition) is 0. The Bertz CT molecular complexity index is 1760. The molecule has 5 aromatic rings. The molecule has 0 aliphatic heterocycles. The van der Waals surface area contributed by atoms with E-state index in [4.69, 9.17) is 9.47 Å². The summed E-state index contributed by atoms with van der Waals surface area (Å²) in [4.78, 5) is 26.4. The lowest BCUT2D eigenvalue weighted by atomic mass is 10.0. The van der Waals surface area contributed by atoms with Gasteiger partial charge >= 0.3 is 11.9 Å². The third-order valence-electron chi connectivity index (χ3n) is 7.92. The molecule has 45 heavy (non-hydrogen) atoms. The summed E-state index contributed by atoms with van der Waals surface area (Å²) in [6.07, 6.45) is 9.31. The van der Waals surface area contributed by atoms with E-state index in [-0.39, 0.29) is 22.5 Å². The van der Waals surface area contributed by atoms with Crippen molar-refractivity contribution in [1.29, 1.82) is 0 Å². The Morgan fingerprint density at radius 1 is 0.511 bits per heavy atom. The molecular weight excluding hydrogens is 564 g/mol. The zero-order valence-electron chi connectivity index (χ0n) is 26.5. The van der Waals surface area contributed by atoms with Crippen LogP contribution in [-0.2, 0) is 12.8 Å². The third-order valence-corrected chi connectivity index (χ3v) is 7.92. The van der Waals surface area contributed by atoms with Gasteiger partial charge in [0.15, 0.2) is 11.5 Å². The molecule has 6 heteroatoms. The van der Waals surface area contributed by atoms with E-state index < -0.39 is 11.9 Å². The first-order valence-corrected chi connectivity index (χ1v) is 15.5. The molecule has 0 aliphatic rings. The summed E-state index contributed by atoms with van der Waals surface area (Å²) in [6, 6.07) is 29.1.